The average molecular weight is 200 g/mol. The third kappa shape index (κ3) is 3.36. The molecule has 1 N–H and O–H groups in total. The monoisotopic (exact) mass is 200 g/mol. The molecule has 0 aliphatic rings. The number of benzene rings is 1. The van der Waals surface area contributed by atoms with E-state index in [-0.39, 0.29) is 17.2 Å². The number of hydrogen-bond donors (Lipinski definition) is 1. The van der Waals surface area contributed by atoms with Gasteiger partial charge in [-0.05, 0) is 25.1 Å². The molecule has 72 valence electrons. The van der Waals surface area contributed by atoms with Crippen LogP contribution in [0.5, 0.6) is 0 Å². The van der Waals surface area contributed by atoms with Crippen LogP contribution < -0.4 is 0 Å². The van der Waals surface area contributed by atoms with Crippen LogP contribution in [-0.2, 0) is 0 Å². The molecule has 2 unspecified atom stereocenters. The standard InChI is InChI=1S/C10H13FOS/c1-7(12)8(2)13-10-5-3-4-9(11)6-10/h3-8,12H,1-2H3. The molecule has 0 fully saturated rings. The van der Waals surface area contributed by atoms with Gasteiger partial charge in [0.15, 0.2) is 0 Å². The average Bonchev–Trinajstić information content (AvgIpc) is 2.04. The minimum atomic E-state index is -0.381. The second-order valence-electron chi connectivity index (χ2n) is 3.02. The second-order valence-corrected chi connectivity index (χ2v) is 4.47. The number of halogens is 1. The van der Waals surface area contributed by atoms with Crippen LogP contribution in [0.3, 0.4) is 0 Å². The predicted molar refractivity (Wildman–Crippen MR) is 53.4 cm³/mol. The summed E-state index contributed by atoms with van der Waals surface area (Å²) in [5.41, 5.74) is 0. The fraction of sp³-hybridized carbons (Fsp3) is 0.400. The van der Waals surface area contributed by atoms with Gasteiger partial charge in [0.2, 0.25) is 0 Å². The van der Waals surface area contributed by atoms with Crippen LogP contribution in [0.15, 0.2) is 29.2 Å². The molecule has 0 saturated heterocycles. The van der Waals surface area contributed by atoms with Crippen molar-refractivity contribution in [1.82, 2.24) is 0 Å². The number of aliphatic hydroxyl groups is 1. The van der Waals surface area contributed by atoms with Crippen molar-refractivity contribution < 1.29 is 9.50 Å². The zero-order valence-electron chi connectivity index (χ0n) is 7.70. The van der Waals surface area contributed by atoms with E-state index in [0.29, 0.717) is 0 Å². The molecule has 0 aromatic heterocycles. The van der Waals surface area contributed by atoms with Crippen LogP contribution in [0.4, 0.5) is 4.39 Å². The third-order valence-electron chi connectivity index (χ3n) is 1.80. The van der Waals surface area contributed by atoms with Crippen molar-refractivity contribution in [3.05, 3.63) is 30.1 Å². The van der Waals surface area contributed by atoms with E-state index in [1.165, 1.54) is 23.9 Å². The molecular weight excluding hydrogens is 187 g/mol. The summed E-state index contributed by atoms with van der Waals surface area (Å²) >= 11 is 1.48. The molecule has 0 amide bonds. The summed E-state index contributed by atoms with van der Waals surface area (Å²) in [6.07, 6.45) is -0.381. The Labute approximate surface area is 82.0 Å². The Morgan fingerprint density at radius 3 is 2.62 bits per heavy atom. The third-order valence-corrected chi connectivity index (χ3v) is 3.09. The summed E-state index contributed by atoms with van der Waals surface area (Å²) in [6.45, 7) is 3.65. The van der Waals surface area contributed by atoms with Crippen LogP contribution in [0.1, 0.15) is 13.8 Å². The van der Waals surface area contributed by atoms with Crippen molar-refractivity contribution in [2.75, 3.05) is 0 Å². The lowest BCUT2D eigenvalue weighted by atomic mass is 10.3. The molecule has 0 saturated carbocycles. The van der Waals surface area contributed by atoms with Crippen molar-refractivity contribution in [1.29, 1.82) is 0 Å². The maximum absolute atomic E-state index is 12.7. The highest BCUT2D eigenvalue weighted by Gasteiger charge is 2.10. The first kappa shape index (κ1) is 10.5. The van der Waals surface area contributed by atoms with E-state index < -0.39 is 0 Å². The van der Waals surface area contributed by atoms with Gasteiger partial charge in [-0.1, -0.05) is 13.0 Å². The molecule has 0 spiro atoms. The number of thioether (sulfide) groups is 1. The fourth-order valence-corrected chi connectivity index (χ4v) is 1.82. The Hall–Kier alpha value is -0.540. The summed E-state index contributed by atoms with van der Waals surface area (Å²) in [6, 6.07) is 6.40. The van der Waals surface area contributed by atoms with Crippen molar-refractivity contribution >= 4 is 11.8 Å². The number of rotatable bonds is 3. The van der Waals surface area contributed by atoms with Gasteiger partial charge in [-0.15, -0.1) is 11.8 Å². The van der Waals surface area contributed by atoms with E-state index in [2.05, 4.69) is 0 Å². The molecule has 1 nitrogen and oxygen atoms in total. The first-order valence-corrected chi connectivity index (χ1v) is 5.08. The summed E-state index contributed by atoms with van der Waals surface area (Å²) in [7, 11) is 0. The zero-order chi connectivity index (χ0) is 9.84. The Balaban J connectivity index is 2.64. The Morgan fingerprint density at radius 2 is 2.08 bits per heavy atom. The fourth-order valence-electron chi connectivity index (χ4n) is 0.853. The molecule has 1 aromatic carbocycles. The highest BCUT2D eigenvalue weighted by molar-refractivity contribution is 8.00. The van der Waals surface area contributed by atoms with Gasteiger partial charge in [0.25, 0.3) is 0 Å². The molecule has 1 rings (SSSR count). The van der Waals surface area contributed by atoms with Gasteiger partial charge in [0, 0.05) is 10.1 Å². The van der Waals surface area contributed by atoms with Crippen LogP contribution >= 0.6 is 11.8 Å². The van der Waals surface area contributed by atoms with Gasteiger partial charge >= 0.3 is 0 Å². The summed E-state index contributed by atoms with van der Waals surface area (Å²) in [5.74, 6) is -0.234. The highest BCUT2D eigenvalue weighted by Crippen LogP contribution is 2.25. The molecule has 0 aliphatic heterocycles. The van der Waals surface area contributed by atoms with E-state index in [9.17, 15) is 9.50 Å². The smallest absolute Gasteiger partial charge is 0.124 e. The SMILES string of the molecule is CC(O)C(C)Sc1cccc(F)c1. The molecule has 0 aliphatic carbocycles. The molecule has 13 heavy (non-hydrogen) atoms. The van der Waals surface area contributed by atoms with Crippen molar-refractivity contribution in [3.8, 4) is 0 Å². The molecule has 3 heteroatoms. The van der Waals surface area contributed by atoms with Gasteiger partial charge in [0.1, 0.15) is 5.82 Å². The maximum atomic E-state index is 12.7. The summed E-state index contributed by atoms with van der Waals surface area (Å²) in [4.78, 5) is 0.855. The van der Waals surface area contributed by atoms with Gasteiger partial charge in [0.05, 0.1) is 6.10 Å². The van der Waals surface area contributed by atoms with E-state index in [4.69, 9.17) is 0 Å². The minimum absolute atomic E-state index is 0.0850. The molecule has 0 heterocycles. The first-order chi connectivity index (χ1) is 6.09. The van der Waals surface area contributed by atoms with E-state index in [1.807, 2.05) is 13.0 Å². The zero-order valence-corrected chi connectivity index (χ0v) is 8.51. The molecule has 0 bridgehead atoms. The van der Waals surface area contributed by atoms with E-state index in [0.717, 1.165) is 4.90 Å². The van der Waals surface area contributed by atoms with Crippen LogP contribution in [0, 0.1) is 5.82 Å². The summed E-state index contributed by atoms with van der Waals surface area (Å²) < 4.78 is 12.7. The van der Waals surface area contributed by atoms with Crippen molar-refractivity contribution in [2.45, 2.75) is 30.1 Å². The largest absolute Gasteiger partial charge is 0.392 e. The van der Waals surface area contributed by atoms with Gasteiger partial charge in [-0.2, -0.15) is 0 Å². The van der Waals surface area contributed by atoms with Gasteiger partial charge in [-0.3, -0.25) is 0 Å². The molecule has 2 atom stereocenters. The van der Waals surface area contributed by atoms with Crippen LogP contribution in [0.25, 0.3) is 0 Å². The molecule has 1 aromatic rings. The number of aliphatic hydroxyl groups excluding tert-OH is 1. The van der Waals surface area contributed by atoms with E-state index in [1.54, 1.807) is 13.0 Å². The minimum Gasteiger partial charge on any atom is -0.392 e. The quantitative estimate of drug-likeness (QED) is 0.757. The van der Waals surface area contributed by atoms with E-state index >= 15 is 0 Å². The van der Waals surface area contributed by atoms with Gasteiger partial charge < -0.3 is 5.11 Å². The number of hydrogen-bond acceptors (Lipinski definition) is 2. The Bertz CT molecular complexity index is 275. The first-order valence-electron chi connectivity index (χ1n) is 4.20. The Kier molecular flexibility index (Phi) is 3.75. The molecular formula is C10H13FOS. The lowest BCUT2D eigenvalue weighted by Crippen LogP contribution is -2.14. The highest BCUT2D eigenvalue weighted by atomic mass is 32.2. The van der Waals surface area contributed by atoms with Gasteiger partial charge in [-0.25, -0.2) is 4.39 Å². The normalized spacial score (nSPS) is 15.4. The van der Waals surface area contributed by atoms with Crippen LogP contribution in [0.2, 0.25) is 0 Å². The lowest BCUT2D eigenvalue weighted by Gasteiger charge is -2.13. The Morgan fingerprint density at radius 1 is 1.38 bits per heavy atom. The van der Waals surface area contributed by atoms with Crippen LogP contribution in [-0.4, -0.2) is 16.5 Å². The predicted octanol–water partition coefficient (Wildman–Crippen LogP) is 2.69. The molecule has 0 radical (unpaired) electrons. The maximum Gasteiger partial charge on any atom is 0.124 e. The van der Waals surface area contributed by atoms with Crippen molar-refractivity contribution in [2.24, 2.45) is 0 Å². The second kappa shape index (κ2) is 4.63. The van der Waals surface area contributed by atoms with Crippen molar-refractivity contribution in [3.63, 3.8) is 0 Å². The summed E-state index contributed by atoms with van der Waals surface area (Å²) in [5, 5.41) is 9.32. The topological polar surface area (TPSA) is 20.2 Å². The lowest BCUT2D eigenvalue weighted by molar-refractivity contribution is 0.196.